The van der Waals surface area contributed by atoms with Crippen LogP contribution in [0.5, 0.6) is 0 Å². The molecule has 0 bridgehead atoms. The molecular weight excluding hydrogens is 487 g/mol. The Hall–Kier alpha value is -1.40. The lowest BCUT2D eigenvalue weighted by molar-refractivity contribution is -0.140. The van der Waals surface area contributed by atoms with Gasteiger partial charge in [-0.3, -0.25) is 9.59 Å². The largest absolute Gasteiger partial charge is 0.350 e. The molecular formula is C24H29Cl3N2O2S. The number of nitrogens with zero attached hydrogens (tertiary/aromatic N) is 1. The van der Waals surface area contributed by atoms with Crippen molar-refractivity contribution >= 4 is 58.4 Å². The molecule has 1 atom stereocenters. The van der Waals surface area contributed by atoms with Crippen molar-refractivity contribution in [1.29, 1.82) is 0 Å². The van der Waals surface area contributed by atoms with E-state index in [1.54, 1.807) is 23.1 Å². The number of benzene rings is 2. The maximum absolute atomic E-state index is 13.3. The second-order valence-electron chi connectivity index (χ2n) is 8.54. The van der Waals surface area contributed by atoms with Crippen LogP contribution in [0.2, 0.25) is 15.1 Å². The molecule has 2 amide bonds. The van der Waals surface area contributed by atoms with Crippen LogP contribution in [0.4, 0.5) is 0 Å². The number of amides is 2. The van der Waals surface area contributed by atoms with Gasteiger partial charge in [-0.1, -0.05) is 59.9 Å². The van der Waals surface area contributed by atoms with Crippen LogP contribution in [0.25, 0.3) is 0 Å². The van der Waals surface area contributed by atoms with Gasteiger partial charge in [-0.15, -0.1) is 11.8 Å². The average molecular weight is 516 g/mol. The highest BCUT2D eigenvalue weighted by atomic mass is 35.5. The summed E-state index contributed by atoms with van der Waals surface area (Å²) in [6.07, 6.45) is 0.487. The van der Waals surface area contributed by atoms with Crippen molar-refractivity contribution in [3.05, 3.63) is 68.7 Å². The number of thioether (sulfide) groups is 1. The van der Waals surface area contributed by atoms with Crippen molar-refractivity contribution < 1.29 is 9.59 Å². The molecule has 2 aromatic rings. The van der Waals surface area contributed by atoms with Crippen LogP contribution in [-0.4, -0.2) is 34.0 Å². The van der Waals surface area contributed by atoms with Gasteiger partial charge in [-0.25, -0.2) is 0 Å². The third-order valence-corrected chi connectivity index (χ3v) is 6.47. The molecule has 0 aliphatic carbocycles. The number of hydrogen-bond donors (Lipinski definition) is 1. The average Bonchev–Trinajstić information content (AvgIpc) is 2.69. The van der Waals surface area contributed by atoms with Gasteiger partial charge in [0.2, 0.25) is 11.8 Å². The Labute approximate surface area is 210 Å². The fraction of sp³-hybridized carbons (Fsp3) is 0.417. The monoisotopic (exact) mass is 514 g/mol. The lowest BCUT2D eigenvalue weighted by atomic mass is 10.1. The number of rotatable bonds is 9. The number of carbonyl (C=O) groups excluding carboxylic acids is 2. The highest BCUT2D eigenvalue weighted by Crippen LogP contribution is 2.25. The van der Waals surface area contributed by atoms with E-state index < -0.39 is 11.6 Å². The minimum atomic E-state index is -0.607. The topological polar surface area (TPSA) is 49.4 Å². The molecule has 2 aromatic carbocycles. The van der Waals surface area contributed by atoms with Crippen LogP contribution in [0.3, 0.4) is 0 Å². The summed E-state index contributed by atoms with van der Waals surface area (Å²) in [7, 11) is 0. The van der Waals surface area contributed by atoms with E-state index >= 15 is 0 Å². The molecule has 4 nitrogen and oxygen atoms in total. The molecule has 8 heteroatoms. The second kappa shape index (κ2) is 12.2. The summed E-state index contributed by atoms with van der Waals surface area (Å²) in [4.78, 5) is 27.9. The Morgan fingerprint density at radius 2 is 1.66 bits per heavy atom. The zero-order valence-corrected chi connectivity index (χ0v) is 21.8. The third kappa shape index (κ3) is 8.51. The fourth-order valence-electron chi connectivity index (χ4n) is 3.13. The molecule has 0 heterocycles. The standard InChI is InChI=1S/C24H29Cl3N2O2S/c1-5-21(23(31)28-24(2,3)4)29(13-17-8-11-19(26)12-20(17)27)22(30)15-32-14-16-6-9-18(25)10-7-16/h6-12,21H,5,13-15H2,1-4H3,(H,28,31). The van der Waals surface area contributed by atoms with Gasteiger partial charge in [-0.05, 0) is 62.6 Å². The van der Waals surface area contributed by atoms with E-state index in [0.29, 0.717) is 27.2 Å². The predicted octanol–water partition coefficient (Wildman–Crippen LogP) is 6.60. The van der Waals surface area contributed by atoms with E-state index in [2.05, 4.69) is 5.32 Å². The Bertz CT molecular complexity index is 930. The highest BCUT2D eigenvalue weighted by Gasteiger charge is 2.30. The van der Waals surface area contributed by atoms with Gasteiger partial charge < -0.3 is 10.2 Å². The van der Waals surface area contributed by atoms with Crippen LogP contribution in [0.15, 0.2) is 42.5 Å². The molecule has 0 aliphatic rings. The molecule has 1 N–H and O–H groups in total. The zero-order chi connectivity index (χ0) is 23.9. The summed E-state index contributed by atoms with van der Waals surface area (Å²) >= 11 is 19.8. The second-order valence-corrected chi connectivity index (χ2v) is 10.8. The van der Waals surface area contributed by atoms with Gasteiger partial charge in [0.1, 0.15) is 6.04 Å². The first-order valence-electron chi connectivity index (χ1n) is 10.4. The minimum absolute atomic E-state index is 0.120. The Balaban J connectivity index is 2.19. The van der Waals surface area contributed by atoms with Gasteiger partial charge in [0.15, 0.2) is 0 Å². The van der Waals surface area contributed by atoms with E-state index in [1.807, 2.05) is 52.0 Å². The molecule has 0 saturated heterocycles. The van der Waals surface area contributed by atoms with Crippen LogP contribution in [0, 0.1) is 0 Å². The number of nitrogens with one attached hydrogen (secondary N) is 1. The fourth-order valence-corrected chi connectivity index (χ4v) is 4.59. The van der Waals surface area contributed by atoms with E-state index in [4.69, 9.17) is 34.8 Å². The van der Waals surface area contributed by atoms with Crippen LogP contribution >= 0.6 is 46.6 Å². The Morgan fingerprint density at radius 1 is 1.03 bits per heavy atom. The van der Waals surface area contributed by atoms with Crippen molar-refractivity contribution in [2.75, 3.05) is 5.75 Å². The summed E-state index contributed by atoms with van der Waals surface area (Å²) < 4.78 is 0. The smallest absolute Gasteiger partial charge is 0.243 e. The van der Waals surface area contributed by atoms with Crippen LogP contribution < -0.4 is 5.32 Å². The first-order valence-corrected chi connectivity index (χ1v) is 12.7. The SMILES string of the molecule is CCC(C(=O)NC(C)(C)C)N(Cc1ccc(Cl)cc1Cl)C(=O)CSCc1ccc(Cl)cc1. The molecule has 174 valence electrons. The van der Waals surface area contributed by atoms with E-state index in [1.165, 1.54) is 11.8 Å². The molecule has 2 rings (SSSR count). The highest BCUT2D eigenvalue weighted by molar-refractivity contribution is 7.99. The zero-order valence-electron chi connectivity index (χ0n) is 18.8. The first kappa shape index (κ1) is 26.8. The first-order chi connectivity index (χ1) is 15.0. The summed E-state index contributed by atoms with van der Waals surface area (Å²) in [6, 6.07) is 12.1. The van der Waals surface area contributed by atoms with Gasteiger partial charge >= 0.3 is 0 Å². The van der Waals surface area contributed by atoms with Gasteiger partial charge in [-0.2, -0.15) is 0 Å². The minimum Gasteiger partial charge on any atom is -0.350 e. The summed E-state index contributed by atoms with van der Waals surface area (Å²) in [5.41, 5.74) is 1.42. The molecule has 0 radical (unpaired) electrons. The maximum Gasteiger partial charge on any atom is 0.243 e. The van der Waals surface area contributed by atoms with Crippen molar-refractivity contribution in [2.24, 2.45) is 0 Å². The third-order valence-electron chi connectivity index (χ3n) is 4.65. The van der Waals surface area contributed by atoms with Crippen LogP contribution in [0.1, 0.15) is 45.2 Å². The van der Waals surface area contributed by atoms with E-state index in [9.17, 15) is 9.59 Å². The summed E-state index contributed by atoms with van der Waals surface area (Å²) in [5, 5.41) is 4.66. The molecule has 1 unspecified atom stereocenters. The van der Waals surface area contributed by atoms with E-state index in [-0.39, 0.29) is 24.1 Å². The number of halogens is 3. The molecule has 0 aliphatic heterocycles. The molecule has 32 heavy (non-hydrogen) atoms. The summed E-state index contributed by atoms with van der Waals surface area (Å²) in [5.74, 6) is 0.614. The summed E-state index contributed by atoms with van der Waals surface area (Å²) in [6.45, 7) is 7.88. The normalized spacial score (nSPS) is 12.3. The lowest BCUT2D eigenvalue weighted by Crippen LogP contribution is -2.53. The van der Waals surface area contributed by atoms with Crippen molar-refractivity contribution in [3.8, 4) is 0 Å². The van der Waals surface area contributed by atoms with Gasteiger partial charge in [0.25, 0.3) is 0 Å². The molecule has 0 saturated carbocycles. The predicted molar refractivity (Wildman–Crippen MR) is 137 cm³/mol. The Kier molecular flexibility index (Phi) is 10.2. The van der Waals surface area contributed by atoms with Crippen LogP contribution in [-0.2, 0) is 21.9 Å². The molecule has 0 fully saturated rings. The maximum atomic E-state index is 13.3. The van der Waals surface area contributed by atoms with Crippen molar-refractivity contribution in [2.45, 2.75) is 58.0 Å². The van der Waals surface area contributed by atoms with Gasteiger partial charge in [0.05, 0.1) is 5.75 Å². The number of hydrogen-bond acceptors (Lipinski definition) is 3. The van der Waals surface area contributed by atoms with Crippen molar-refractivity contribution in [1.82, 2.24) is 10.2 Å². The van der Waals surface area contributed by atoms with Crippen molar-refractivity contribution in [3.63, 3.8) is 0 Å². The van der Waals surface area contributed by atoms with Gasteiger partial charge in [0, 0.05) is 32.9 Å². The quantitative estimate of drug-likeness (QED) is 0.409. The molecule has 0 aromatic heterocycles. The number of carbonyl (C=O) groups is 2. The Morgan fingerprint density at radius 3 is 2.22 bits per heavy atom. The van der Waals surface area contributed by atoms with E-state index in [0.717, 1.165) is 11.1 Å². The molecule has 0 spiro atoms. The lowest BCUT2D eigenvalue weighted by Gasteiger charge is -2.33.